The minimum Gasteiger partial charge on any atom is -0.490 e. The van der Waals surface area contributed by atoms with Crippen molar-refractivity contribution in [2.75, 3.05) is 32.6 Å². The molecule has 7 nitrogen and oxygen atoms in total. The molecular formula is C23H32N4O3. The van der Waals surface area contributed by atoms with E-state index in [4.69, 9.17) is 9.47 Å². The summed E-state index contributed by atoms with van der Waals surface area (Å²) in [5.41, 5.74) is 0.837. The van der Waals surface area contributed by atoms with Crippen LogP contribution in [0.1, 0.15) is 38.2 Å². The molecule has 1 heterocycles. The number of likely N-dealkylation sites (N-methyl/N-ethyl adjacent to an activating group) is 1. The van der Waals surface area contributed by atoms with Gasteiger partial charge in [-0.05, 0) is 58.8 Å². The van der Waals surface area contributed by atoms with Crippen LogP contribution in [0.4, 0.5) is 5.82 Å². The molecule has 1 aliphatic carbocycles. The van der Waals surface area contributed by atoms with Crippen molar-refractivity contribution < 1.29 is 14.3 Å². The monoisotopic (exact) mass is 412 g/mol. The van der Waals surface area contributed by atoms with Gasteiger partial charge in [-0.1, -0.05) is 12.1 Å². The molecule has 1 aromatic heterocycles. The highest BCUT2D eigenvalue weighted by Gasteiger charge is 2.20. The van der Waals surface area contributed by atoms with Gasteiger partial charge in [-0.2, -0.15) is 5.10 Å². The van der Waals surface area contributed by atoms with Gasteiger partial charge in [0.05, 0.1) is 25.5 Å². The zero-order chi connectivity index (χ0) is 21.3. The lowest BCUT2D eigenvalue weighted by Crippen LogP contribution is -2.21. The summed E-state index contributed by atoms with van der Waals surface area (Å²) in [6, 6.07) is 7.57. The van der Waals surface area contributed by atoms with Crippen LogP contribution in [-0.2, 0) is 11.3 Å². The molecule has 1 aromatic carbocycles. The lowest BCUT2D eigenvalue weighted by atomic mass is 10.1. The van der Waals surface area contributed by atoms with Crippen LogP contribution in [0.15, 0.2) is 36.5 Å². The molecule has 1 aliphatic rings. The summed E-state index contributed by atoms with van der Waals surface area (Å²) >= 11 is 0. The first-order valence-electron chi connectivity index (χ1n) is 10.6. The van der Waals surface area contributed by atoms with Crippen LogP contribution in [0, 0.1) is 0 Å². The molecule has 30 heavy (non-hydrogen) atoms. The number of carbonyl (C=O) groups excluding carboxylic acids is 1. The average molecular weight is 413 g/mol. The SMILES string of the molecule is CCOc1cccc(/C=C/C(=O)Nc2ccnn2CCN(C)C)c1OC1CCCC1. The summed E-state index contributed by atoms with van der Waals surface area (Å²) in [7, 11) is 4.01. The van der Waals surface area contributed by atoms with Crippen molar-refractivity contribution in [2.45, 2.75) is 45.3 Å². The van der Waals surface area contributed by atoms with Crippen LogP contribution in [0.5, 0.6) is 11.5 Å². The highest BCUT2D eigenvalue weighted by atomic mass is 16.5. The minimum atomic E-state index is -0.213. The molecule has 0 saturated heterocycles. The van der Waals surface area contributed by atoms with E-state index in [1.54, 1.807) is 23.0 Å². The van der Waals surface area contributed by atoms with Crippen molar-refractivity contribution in [1.29, 1.82) is 0 Å². The lowest BCUT2D eigenvalue weighted by molar-refractivity contribution is -0.111. The van der Waals surface area contributed by atoms with E-state index in [0.29, 0.717) is 30.5 Å². The number of carbonyl (C=O) groups is 1. The van der Waals surface area contributed by atoms with Crippen LogP contribution < -0.4 is 14.8 Å². The van der Waals surface area contributed by atoms with Gasteiger partial charge < -0.3 is 19.7 Å². The molecule has 0 spiro atoms. The third-order valence-corrected chi connectivity index (χ3v) is 5.04. The maximum atomic E-state index is 12.5. The highest BCUT2D eigenvalue weighted by Crippen LogP contribution is 2.35. The third kappa shape index (κ3) is 6.10. The van der Waals surface area contributed by atoms with Gasteiger partial charge in [-0.3, -0.25) is 4.79 Å². The van der Waals surface area contributed by atoms with E-state index in [0.717, 1.165) is 24.9 Å². The van der Waals surface area contributed by atoms with E-state index in [1.165, 1.54) is 18.9 Å². The van der Waals surface area contributed by atoms with Crippen molar-refractivity contribution in [1.82, 2.24) is 14.7 Å². The van der Waals surface area contributed by atoms with Crippen molar-refractivity contribution >= 4 is 17.8 Å². The van der Waals surface area contributed by atoms with E-state index >= 15 is 0 Å². The lowest BCUT2D eigenvalue weighted by Gasteiger charge is -2.18. The molecule has 0 bridgehead atoms. The van der Waals surface area contributed by atoms with Crippen molar-refractivity contribution in [2.24, 2.45) is 0 Å². The average Bonchev–Trinajstić information content (AvgIpc) is 3.38. The fourth-order valence-corrected chi connectivity index (χ4v) is 3.48. The predicted molar refractivity (Wildman–Crippen MR) is 119 cm³/mol. The predicted octanol–water partition coefficient (Wildman–Crippen LogP) is 3.82. The first-order valence-corrected chi connectivity index (χ1v) is 10.6. The number of hydrogen-bond donors (Lipinski definition) is 1. The molecule has 2 aromatic rings. The van der Waals surface area contributed by atoms with Crippen LogP contribution in [0.25, 0.3) is 6.08 Å². The summed E-state index contributed by atoms with van der Waals surface area (Å²) in [5, 5.41) is 7.18. The van der Waals surface area contributed by atoms with Crippen molar-refractivity contribution in [3.63, 3.8) is 0 Å². The Morgan fingerprint density at radius 1 is 1.30 bits per heavy atom. The van der Waals surface area contributed by atoms with Crippen molar-refractivity contribution in [3.8, 4) is 11.5 Å². The summed E-state index contributed by atoms with van der Waals surface area (Å²) in [6.45, 7) is 4.06. The normalized spacial score (nSPS) is 14.5. The maximum absolute atomic E-state index is 12.5. The van der Waals surface area contributed by atoms with Crippen LogP contribution in [-0.4, -0.2) is 53.9 Å². The Kier molecular flexibility index (Phi) is 7.90. The second-order valence-electron chi connectivity index (χ2n) is 7.70. The van der Waals surface area contributed by atoms with Gasteiger partial charge in [-0.25, -0.2) is 4.68 Å². The second kappa shape index (κ2) is 10.8. The molecule has 1 amide bonds. The number of para-hydroxylation sites is 1. The molecule has 7 heteroatoms. The van der Waals surface area contributed by atoms with Gasteiger partial charge in [-0.15, -0.1) is 0 Å². The van der Waals surface area contributed by atoms with E-state index in [2.05, 4.69) is 15.3 Å². The standard InChI is InChI=1S/C23H32N4O3/c1-4-29-20-11-7-8-18(23(20)30-19-9-5-6-10-19)12-13-22(28)25-21-14-15-24-27(21)17-16-26(2)3/h7-8,11-15,19H,4-6,9-10,16-17H2,1-3H3,(H,25,28)/b13-12+. The smallest absolute Gasteiger partial charge is 0.249 e. The first-order chi connectivity index (χ1) is 14.6. The van der Waals surface area contributed by atoms with E-state index in [9.17, 15) is 4.79 Å². The molecule has 1 saturated carbocycles. The van der Waals surface area contributed by atoms with E-state index in [1.807, 2.05) is 39.2 Å². The highest BCUT2D eigenvalue weighted by molar-refractivity contribution is 6.01. The van der Waals surface area contributed by atoms with Gasteiger partial charge in [0.25, 0.3) is 0 Å². The van der Waals surface area contributed by atoms with Gasteiger partial charge in [0.2, 0.25) is 5.91 Å². The molecule has 0 atom stereocenters. The zero-order valence-electron chi connectivity index (χ0n) is 18.1. The topological polar surface area (TPSA) is 68.6 Å². The Balaban J connectivity index is 1.71. The van der Waals surface area contributed by atoms with Crippen LogP contribution in [0.2, 0.25) is 0 Å². The Labute approximate surface area is 178 Å². The number of aromatic nitrogens is 2. The largest absolute Gasteiger partial charge is 0.490 e. The van der Waals surface area contributed by atoms with Crippen LogP contribution in [0.3, 0.4) is 0 Å². The Hall–Kier alpha value is -2.80. The van der Waals surface area contributed by atoms with Gasteiger partial charge in [0, 0.05) is 24.3 Å². The molecule has 1 N–H and O–H groups in total. The van der Waals surface area contributed by atoms with Crippen molar-refractivity contribution in [3.05, 3.63) is 42.1 Å². The summed E-state index contributed by atoms with van der Waals surface area (Å²) in [6.07, 6.45) is 9.69. The van der Waals surface area contributed by atoms with Crippen LogP contribution >= 0.6 is 0 Å². The number of rotatable bonds is 10. The number of hydrogen-bond acceptors (Lipinski definition) is 5. The maximum Gasteiger partial charge on any atom is 0.249 e. The summed E-state index contributed by atoms with van der Waals surface area (Å²) in [4.78, 5) is 14.6. The fourth-order valence-electron chi connectivity index (χ4n) is 3.48. The zero-order valence-corrected chi connectivity index (χ0v) is 18.1. The number of nitrogens with one attached hydrogen (secondary N) is 1. The van der Waals surface area contributed by atoms with E-state index in [-0.39, 0.29) is 12.0 Å². The first kappa shape index (κ1) is 21.9. The van der Waals surface area contributed by atoms with Gasteiger partial charge in [0.1, 0.15) is 5.82 Å². The number of ether oxygens (including phenoxy) is 2. The molecule has 0 unspecified atom stereocenters. The number of anilines is 1. The molecular weight excluding hydrogens is 380 g/mol. The fraction of sp³-hybridized carbons (Fsp3) is 0.478. The van der Waals surface area contributed by atoms with Gasteiger partial charge in [0.15, 0.2) is 11.5 Å². The Morgan fingerprint density at radius 3 is 2.83 bits per heavy atom. The molecule has 1 fully saturated rings. The number of nitrogens with zero attached hydrogens (tertiary/aromatic N) is 3. The quantitative estimate of drug-likeness (QED) is 0.601. The summed E-state index contributed by atoms with van der Waals surface area (Å²) in [5.74, 6) is 1.90. The molecule has 3 rings (SSSR count). The Bertz CT molecular complexity index is 854. The Morgan fingerprint density at radius 2 is 2.10 bits per heavy atom. The summed E-state index contributed by atoms with van der Waals surface area (Å²) < 4.78 is 13.8. The van der Waals surface area contributed by atoms with E-state index < -0.39 is 0 Å². The molecule has 0 radical (unpaired) electrons. The molecule has 162 valence electrons. The third-order valence-electron chi connectivity index (χ3n) is 5.04. The molecule has 0 aliphatic heterocycles. The van der Waals surface area contributed by atoms with Gasteiger partial charge >= 0.3 is 0 Å². The number of benzene rings is 1. The minimum absolute atomic E-state index is 0.207. The number of amides is 1. The second-order valence-corrected chi connectivity index (χ2v) is 7.70.